The molecule has 2 aliphatic carbocycles. The van der Waals surface area contributed by atoms with E-state index in [2.05, 4.69) is 25.8 Å². The molecule has 0 bridgehead atoms. The van der Waals surface area contributed by atoms with Gasteiger partial charge < -0.3 is 10.3 Å². The van der Waals surface area contributed by atoms with Crippen LogP contribution in [0.25, 0.3) is 0 Å². The topological polar surface area (TPSA) is 69.6 Å². The Bertz CT molecular complexity index is 613. The van der Waals surface area contributed by atoms with Crippen molar-refractivity contribution in [3.05, 3.63) is 29.8 Å². The molecule has 104 valence electrons. The first-order chi connectivity index (χ1) is 9.85. The second kappa shape index (κ2) is 4.86. The van der Waals surface area contributed by atoms with E-state index in [4.69, 9.17) is 5.73 Å². The van der Waals surface area contributed by atoms with Crippen LogP contribution < -0.4 is 5.73 Å². The number of pyridine rings is 1. The van der Waals surface area contributed by atoms with Crippen molar-refractivity contribution in [1.29, 1.82) is 0 Å². The summed E-state index contributed by atoms with van der Waals surface area (Å²) in [5.74, 6) is 1.84. The number of rotatable bonds is 5. The number of nitrogens with two attached hydrogens (primary N) is 1. The van der Waals surface area contributed by atoms with Crippen LogP contribution in [-0.2, 0) is 6.54 Å². The third kappa shape index (κ3) is 2.33. The first-order valence-corrected chi connectivity index (χ1v) is 7.94. The molecule has 0 saturated heterocycles. The Kier molecular flexibility index (Phi) is 3.00. The molecule has 0 unspecified atom stereocenters. The van der Waals surface area contributed by atoms with Crippen molar-refractivity contribution in [2.45, 2.75) is 54.2 Å². The average Bonchev–Trinajstić information content (AvgIpc) is 3.39. The molecular formula is C14H17N5S. The fourth-order valence-corrected chi connectivity index (χ4v) is 3.23. The second-order valence-electron chi connectivity index (χ2n) is 5.51. The summed E-state index contributed by atoms with van der Waals surface area (Å²) < 4.78 is 2.36. The van der Waals surface area contributed by atoms with E-state index >= 15 is 0 Å². The van der Waals surface area contributed by atoms with Gasteiger partial charge in [0.1, 0.15) is 5.82 Å². The lowest BCUT2D eigenvalue weighted by molar-refractivity contribution is 0.627. The Morgan fingerprint density at radius 2 is 2.05 bits per heavy atom. The summed E-state index contributed by atoms with van der Waals surface area (Å²) in [4.78, 5) is 5.43. The van der Waals surface area contributed by atoms with Crippen molar-refractivity contribution in [2.75, 3.05) is 0 Å². The lowest BCUT2D eigenvalue weighted by Gasteiger charge is -2.08. The molecule has 0 spiro atoms. The summed E-state index contributed by atoms with van der Waals surface area (Å²) in [7, 11) is 0. The van der Waals surface area contributed by atoms with Gasteiger partial charge in [-0.15, -0.1) is 10.2 Å². The summed E-state index contributed by atoms with van der Waals surface area (Å²) in [6.07, 6.45) is 6.92. The Balaban J connectivity index is 1.61. The lowest BCUT2D eigenvalue weighted by Crippen LogP contribution is -2.02. The van der Waals surface area contributed by atoms with Gasteiger partial charge in [0.05, 0.1) is 5.69 Å². The molecule has 2 aromatic rings. The SMILES string of the molecule is NCc1ccc(Sc2nnc(C3CC3)n2C2CC2)cn1. The van der Waals surface area contributed by atoms with E-state index in [0.29, 0.717) is 18.5 Å². The molecule has 2 saturated carbocycles. The highest BCUT2D eigenvalue weighted by molar-refractivity contribution is 7.99. The maximum Gasteiger partial charge on any atom is 0.196 e. The molecule has 0 atom stereocenters. The molecule has 4 rings (SSSR count). The van der Waals surface area contributed by atoms with Crippen LogP contribution in [0.5, 0.6) is 0 Å². The fraction of sp³-hybridized carbons (Fsp3) is 0.500. The number of nitrogens with zero attached hydrogens (tertiary/aromatic N) is 4. The third-order valence-electron chi connectivity index (χ3n) is 3.76. The predicted molar refractivity (Wildman–Crippen MR) is 76.5 cm³/mol. The monoisotopic (exact) mass is 287 g/mol. The van der Waals surface area contributed by atoms with Crippen molar-refractivity contribution in [1.82, 2.24) is 19.7 Å². The average molecular weight is 287 g/mol. The molecule has 0 radical (unpaired) electrons. The number of hydrogen-bond donors (Lipinski definition) is 1. The van der Waals surface area contributed by atoms with E-state index in [1.807, 2.05) is 12.3 Å². The van der Waals surface area contributed by atoms with Crippen LogP contribution in [0.15, 0.2) is 28.4 Å². The van der Waals surface area contributed by atoms with E-state index in [9.17, 15) is 0 Å². The van der Waals surface area contributed by atoms with Gasteiger partial charge in [-0.1, -0.05) is 0 Å². The third-order valence-corrected chi connectivity index (χ3v) is 4.70. The summed E-state index contributed by atoms with van der Waals surface area (Å²) in [5, 5.41) is 9.83. The second-order valence-corrected chi connectivity index (χ2v) is 6.55. The van der Waals surface area contributed by atoms with E-state index in [0.717, 1.165) is 15.7 Å². The van der Waals surface area contributed by atoms with Crippen molar-refractivity contribution < 1.29 is 0 Å². The molecule has 2 aliphatic rings. The van der Waals surface area contributed by atoms with Gasteiger partial charge in [-0.3, -0.25) is 4.98 Å². The standard InChI is InChI=1S/C14H17N5S/c15-7-10-3-6-12(8-16-10)20-14-18-17-13(9-1-2-9)19(14)11-4-5-11/h3,6,8-9,11H,1-2,4-5,7,15H2. The summed E-state index contributed by atoms with van der Waals surface area (Å²) in [5.41, 5.74) is 6.49. The molecule has 6 heteroatoms. The van der Waals surface area contributed by atoms with Gasteiger partial charge in [-0.25, -0.2) is 0 Å². The van der Waals surface area contributed by atoms with Crippen LogP contribution in [0, 0.1) is 0 Å². The molecule has 0 aliphatic heterocycles. The highest BCUT2D eigenvalue weighted by Crippen LogP contribution is 2.46. The van der Waals surface area contributed by atoms with Crippen LogP contribution in [0.3, 0.4) is 0 Å². The maximum absolute atomic E-state index is 5.57. The molecule has 5 nitrogen and oxygen atoms in total. The smallest absolute Gasteiger partial charge is 0.196 e. The Morgan fingerprint density at radius 1 is 1.20 bits per heavy atom. The normalized spacial score (nSPS) is 18.4. The quantitative estimate of drug-likeness (QED) is 0.915. The highest BCUT2D eigenvalue weighted by atomic mass is 32.2. The number of aromatic nitrogens is 4. The van der Waals surface area contributed by atoms with E-state index < -0.39 is 0 Å². The van der Waals surface area contributed by atoms with E-state index in [1.54, 1.807) is 11.8 Å². The van der Waals surface area contributed by atoms with E-state index in [1.165, 1.54) is 31.5 Å². The summed E-state index contributed by atoms with van der Waals surface area (Å²) >= 11 is 1.65. The van der Waals surface area contributed by atoms with Crippen LogP contribution in [0.4, 0.5) is 0 Å². The number of hydrogen-bond acceptors (Lipinski definition) is 5. The fourth-order valence-electron chi connectivity index (χ4n) is 2.35. The minimum absolute atomic E-state index is 0.481. The van der Waals surface area contributed by atoms with Gasteiger partial charge in [-0.2, -0.15) is 0 Å². The first-order valence-electron chi connectivity index (χ1n) is 7.13. The molecule has 2 N–H and O–H groups in total. The van der Waals surface area contributed by atoms with Gasteiger partial charge in [0.2, 0.25) is 0 Å². The largest absolute Gasteiger partial charge is 0.325 e. The molecule has 0 amide bonds. The first kappa shape index (κ1) is 12.3. The molecular weight excluding hydrogens is 270 g/mol. The van der Waals surface area contributed by atoms with Gasteiger partial charge in [-0.05, 0) is 49.6 Å². The van der Waals surface area contributed by atoms with Gasteiger partial charge in [0, 0.05) is 29.6 Å². The molecule has 20 heavy (non-hydrogen) atoms. The summed E-state index contributed by atoms with van der Waals surface area (Å²) in [6.45, 7) is 0.481. The molecule has 2 aromatic heterocycles. The minimum atomic E-state index is 0.481. The lowest BCUT2D eigenvalue weighted by atomic mass is 10.4. The Hall–Kier alpha value is -1.40. The van der Waals surface area contributed by atoms with Crippen LogP contribution in [0.2, 0.25) is 0 Å². The van der Waals surface area contributed by atoms with Crippen LogP contribution in [-0.4, -0.2) is 19.7 Å². The van der Waals surface area contributed by atoms with Gasteiger partial charge >= 0.3 is 0 Å². The zero-order valence-corrected chi connectivity index (χ0v) is 12.0. The van der Waals surface area contributed by atoms with Gasteiger partial charge in [0.25, 0.3) is 0 Å². The minimum Gasteiger partial charge on any atom is -0.325 e. The Labute approximate surface area is 122 Å². The van der Waals surface area contributed by atoms with Crippen LogP contribution in [0.1, 0.15) is 49.2 Å². The molecule has 2 heterocycles. The zero-order chi connectivity index (χ0) is 13.5. The Morgan fingerprint density at radius 3 is 2.65 bits per heavy atom. The highest BCUT2D eigenvalue weighted by Gasteiger charge is 2.36. The van der Waals surface area contributed by atoms with Crippen molar-refractivity contribution in [2.24, 2.45) is 5.73 Å². The van der Waals surface area contributed by atoms with Crippen molar-refractivity contribution in [3.63, 3.8) is 0 Å². The van der Waals surface area contributed by atoms with Gasteiger partial charge in [0.15, 0.2) is 5.16 Å². The van der Waals surface area contributed by atoms with E-state index in [-0.39, 0.29) is 0 Å². The molecule has 0 aromatic carbocycles. The van der Waals surface area contributed by atoms with Crippen LogP contribution >= 0.6 is 11.8 Å². The maximum atomic E-state index is 5.57. The zero-order valence-electron chi connectivity index (χ0n) is 11.2. The predicted octanol–water partition coefficient (Wildman–Crippen LogP) is 2.50. The van der Waals surface area contributed by atoms with Crippen molar-refractivity contribution in [3.8, 4) is 0 Å². The molecule has 2 fully saturated rings. The summed E-state index contributed by atoms with van der Waals surface area (Å²) in [6, 6.07) is 4.66. The van der Waals surface area contributed by atoms with Crippen molar-refractivity contribution >= 4 is 11.8 Å².